The molecule has 0 fully saturated rings. The molecular formula is C27H22ClN4O2+. The van der Waals surface area contributed by atoms with Gasteiger partial charge in [0.15, 0.2) is 17.6 Å². The first-order valence-corrected chi connectivity index (χ1v) is 11.4. The van der Waals surface area contributed by atoms with Crippen LogP contribution in [0.5, 0.6) is 0 Å². The molecule has 0 atom stereocenters. The van der Waals surface area contributed by atoms with Crippen molar-refractivity contribution < 1.29 is 14.2 Å². The Morgan fingerprint density at radius 3 is 2.59 bits per heavy atom. The number of ketones is 1. The van der Waals surface area contributed by atoms with E-state index in [1.54, 1.807) is 30.5 Å². The van der Waals surface area contributed by atoms with Crippen molar-refractivity contribution in [2.45, 2.75) is 19.5 Å². The molecule has 0 spiro atoms. The van der Waals surface area contributed by atoms with Gasteiger partial charge >= 0.3 is 0 Å². The predicted octanol–water partition coefficient (Wildman–Crippen LogP) is 5.04. The van der Waals surface area contributed by atoms with Crippen LogP contribution in [0.3, 0.4) is 0 Å². The van der Waals surface area contributed by atoms with E-state index in [2.05, 4.69) is 10.3 Å². The Hall–Kier alpha value is -4.03. The number of anilines is 1. The van der Waals surface area contributed by atoms with Crippen LogP contribution in [-0.2, 0) is 17.9 Å². The quantitative estimate of drug-likeness (QED) is 0.268. The lowest BCUT2D eigenvalue weighted by Crippen LogP contribution is -2.36. The van der Waals surface area contributed by atoms with Gasteiger partial charge in [0.2, 0.25) is 18.0 Å². The number of hydrogen-bond donors (Lipinski definition) is 1. The average molecular weight is 470 g/mol. The summed E-state index contributed by atoms with van der Waals surface area (Å²) in [4.78, 5) is 29.9. The Bertz CT molecular complexity index is 1500. The fraction of sp³-hybridized carbons (Fsp3) is 0.111. The first-order chi connectivity index (χ1) is 16.6. The molecule has 2 aromatic heterocycles. The third-order valence-electron chi connectivity index (χ3n) is 5.75. The second-order valence-electron chi connectivity index (χ2n) is 8.03. The monoisotopic (exact) mass is 469 g/mol. The molecule has 0 unspecified atom stereocenters. The van der Waals surface area contributed by atoms with Gasteiger partial charge in [-0.2, -0.15) is 0 Å². The molecule has 1 N–H and O–H groups in total. The topological polar surface area (TPSA) is 67.9 Å². The second-order valence-corrected chi connectivity index (χ2v) is 8.47. The van der Waals surface area contributed by atoms with E-state index in [1.807, 2.05) is 70.1 Å². The molecule has 0 bridgehead atoms. The number of benzene rings is 3. The van der Waals surface area contributed by atoms with E-state index in [0.717, 1.165) is 21.9 Å². The fourth-order valence-electron chi connectivity index (χ4n) is 4.07. The predicted molar refractivity (Wildman–Crippen MR) is 133 cm³/mol. The normalized spacial score (nSPS) is 11.1. The summed E-state index contributed by atoms with van der Waals surface area (Å²) >= 11 is 5.94. The van der Waals surface area contributed by atoms with E-state index in [0.29, 0.717) is 22.8 Å². The van der Waals surface area contributed by atoms with Crippen LogP contribution >= 0.6 is 11.6 Å². The highest BCUT2D eigenvalue weighted by molar-refractivity contribution is 6.30. The van der Waals surface area contributed by atoms with Crippen molar-refractivity contribution in [3.8, 4) is 0 Å². The number of aromatic nitrogens is 3. The summed E-state index contributed by atoms with van der Waals surface area (Å²) < 4.78 is 3.92. The number of halogens is 1. The van der Waals surface area contributed by atoms with Gasteiger partial charge in [-0.1, -0.05) is 41.9 Å². The minimum Gasteiger partial charge on any atom is -0.324 e. The van der Waals surface area contributed by atoms with E-state index in [9.17, 15) is 9.59 Å². The summed E-state index contributed by atoms with van der Waals surface area (Å²) in [6, 6.07) is 24.3. The standard InChI is InChI=1S/C27H21ClN4O2/c28-21-12-10-19(11-13-21)25(33)17-32-18-31(23-8-1-2-9-24(23)32)16-14-26(34)30-22-7-3-5-20-6-4-15-29-27(20)22/h1-13,15,18H,14,16-17H2/p+1. The molecule has 0 aliphatic heterocycles. The molecule has 5 rings (SSSR count). The van der Waals surface area contributed by atoms with Crippen LogP contribution in [0.4, 0.5) is 5.69 Å². The van der Waals surface area contributed by atoms with Crippen LogP contribution in [-0.4, -0.2) is 21.2 Å². The van der Waals surface area contributed by atoms with Gasteiger partial charge in [0, 0.05) is 22.2 Å². The number of rotatable bonds is 7. The van der Waals surface area contributed by atoms with E-state index < -0.39 is 0 Å². The summed E-state index contributed by atoms with van der Waals surface area (Å²) in [5, 5.41) is 4.55. The molecule has 0 aliphatic carbocycles. The lowest BCUT2D eigenvalue weighted by atomic mass is 10.1. The van der Waals surface area contributed by atoms with E-state index in [4.69, 9.17) is 11.6 Å². The van der Waals surface area contributed by atoms with Gasteiger partial charge in [0.05, 0.1) is 24.2 Å². The number of imidazole rings is 1. The fourth-order valence-corrected chi connectivity index (χ4v) is 4.19. The van der Waals surface area contributed by atoms with E-state index in [1.165, 1.54) is 0 Å². The van der Waals surface area contributed by atoms with Crippen LogP contribution in [0.15, 0.2) is 91.4 Å². The lowest BCUT2D eigenvalue weighted by Gasteiger charge is -2.07. The van der Waals surface area contributed by atoms with Crippen molar-refractivity contribution in [3.63, 3.8) is 0 Å². The summed E-state index contributed by atoms with van der Waals surface area (Å²) in [6.07, 6.45) is 3.90. The number of nitrogens with one attached hydrogen (secondary N) is 1. The number of aryl methyl sites for hydroxylation is 1. The number of fused-ring (bicyclic) bond motifs is 2. The highest BCUT2D eigenvalue weighted by atomic mass is 35.5. The van der Waals surface area contributed by atoms with Gasteiger partial charge in [-0.25, -0.2) is 9.13 Å². The summed E-state index contributed by atoms with van der Waals surface area (Å²) in [7, 11) is 0. The molecule has 7 heteroatoms. The van der Waals surface area contributed by atoms with Gasteiger partial charge in [-0.05, 0) is 48.5 Å². The smallest absolute Gasteiger partial charge is 0.245 e. The molecule has 0 saturated carbocycles. The Kier molecular flexibility index (Phi) is 6.06. The van der Waals surface area contributed by atoms with Gasteiger partial charge in [-0.15, -0.1) is 0 Å². The maximum Gasteiger partial charge on any atom is 0.245 e. The van der Waals surface area contributed by atoms with Crippen molar-refractivity contribution in [1.29, 1.82) is 0 Å². The van der Waals surface area contributed by atoms with E-state index in [-0.39, 0.29) is 24.7 Å². The Morgan fingerprint density at radius 2 is 1.74 bits per heavy atom. The van der Waals surface area contributed by atoms with Crippen LogP contribution < -0.4 is 9.88 Å². The molecule has 1 amide bonds. The van der Waals surface area contributed by atoms with Gasteiger partial charge in [-0.3, -0.25) is 14.6 Å². The minimum atomic E-state index is -0.0975. The number of pyridine rings is 1. The number of hydrogen-bond acceptors (Lipinski definition) is 3. The number of para-hydroxylation sites is 3. The summed E-state index contributed by atoms with van der Waals surface area (Å²) in [5.41, 5.74) is 3.97. The zero-order valence-electron chi connectivity index (χ0n) is 18.3. The zero-order valence-corrected chi connectivity index (χ0v) is 19.1. The highest BCUT2D eigenvalue weighted by Gasteiger charge is 2.19. The first kappa shape index (κ1) is 21.8. The molecule has 0 aliphatic rings. The maximum atomic E-state index is 12.8. The number of carbonyl (C=O) groups is 2. The molecule has 5 aromatic rings. The van der Waals surface area contributed by atoms with Crippen molar-refractivity contribution >= 4 is 50.9 Å². The van der Waals surface area contributed by atoms with Crippen molar-refractivity contribution in [2.75, 3.05) is 5.32 Å². The molecule has 34 heavy (non-hydrogen) atoms. The summed E-state index contributed by atoms with van der Waals surface area (Å²) in [5.74, 6) is -0.106. The van der Waals surface area contributed by atoms with Gasteiger partial charge < -0.3 is 5.32 Å². The lowest BCUT2D eigenvalue weighted by molar-refractivity contribution is -0.657. The van der Waals surface area contributed by atoms with E-state index >= 15 is 0 Å². The minimum absolute atomic E-state index is 0.00855. The molecule has 168 valence electrons. The van der Waals surface area contributed by atoms with Crippen molar-refractivity contribution in [1.82, 2.24) is 9.55 Å². The largest absolute Gasteiger partial charge is 0.324 e. The average Bonchev–Trinajstić information content (AvgIpc) is 3.21. The zero-order chi connectivity index (χ0) is 23.5. The summed E-state index contributed by atoms with van der Waals surface area (Å²) in [6.45, 7) is 0.676. The van der Waals surface area contributed by atoms with Crippen LogP contribution in [0.1, 0.15) is 16.8 Å². The number of carbonyl (C=O) groups excluding carboxylic acids is 2. The van der Waals surface area contributed by atoms with Crippen LogP contribution in [0.25, 0.3) is 21.9 Å². The molecule has 0 radical (unpaired) electrons. The number of nitrogens with zero attached hydrogens (tertiary/aromatic N) is 3. The molecule has 6 nitrogen and oxygen atoms in total. The molecular weight excluding hydrogens is 448 g/mol. The highest BCUT2D eigenvalue weighted by Crippen LogP contribution is 2.21. The number of amides is 1. The van der Waals surface area contributed by atoms with Gasteiger partial charge in [0.25, 0.3) is 0 Å². The Balaban J connectivity index is 1.32. The third-order valence-corrected chi connectivity index (χ3v) is 6.00. The van der Waals surface area contributed by atoms with Crippen molar-refractivity contribution in [2.24, 2.45) is 0 Å². The Labute approximate surface area is 201 Å². The number of Topliss-reactive ketones (excluding diaryl/α,β-unsaturated/α-hetero) is 1. The third kappa shape index (κ3) is 4.54. The van der Waals surface area contributed by atoms with Crippen LogP contribution in [0, 0.1) is 0 Å². The van der Waals surface area contributed by atoms with Crippen LogP contribution in [0.2, 0.25) is 5.02 Å². The molecule has 2 heterocycles. The Morgan fingerprint density at radius 1 is 0.941 bits per heavy atom. The molecule has 0 saturated heterocycles. The molecule has 3 aromatic carbocycles. The SMILES string of the molecule is O=C(CCn1c[n+](CC(=O)c2ccc(Cl)cc2)c2ccccc21)Nc1cccc2cccnc12. The second kappa shape index (κ2) is 9.45. The first-order valence-electron chi connectivity index (χ1n) is 11.0. The van der Waals surface area contributed by atoms with Crippen molar-refractivity contribution in [3.05, 3.63) is 102 Å². The maximum absolute atomic E-state index is 12.8. The van der Waals surface area contributed by atoms with Gasteiger partial charge in [0.1, 0.15) is 0 Å².